The van der Waals surface area contributed by atoms with Crippen molar-refractivity contribution in [1.29, 1.82) is 0 Å². The van der Waals surface area contributed by atoms with E-state index in [4.69, 9.17) is 0 Å². The number of pyridine rings is 1. The van der Waals surface area contributed by atoms with Crippen molar-refractivity contribution in [2.45, 2.75) is 47.1 Å². The van der Waals surface area contributed by atoms with Crippen LogP contribution in [0, 0.1) is 0 Å². The van der Waals surface area contributed by atoms with Gasteiger partial charge in [-0.1, -0.05) is 6.92 Å². The van der Waals surface area contributed by atoms with E-state index in [9.17, 15) is 4.79 Å². The summed E-state index contributed by atoms with van der Waals surface area (Å²) in [6.45, 7) is 11.7. The molecule has 4 nitrogen and oxygen atoms in total. The van der Waals surface area contributed by atoms with Gasteiger partial charge in [-0.05, 0) is 46.2 Å². The van der Waals surface area contributed by atoms with E-state index in [0.29, 0.717) is 0 Å². The maximum Gasteiger partial charge on any atom is 0.254 e. The van der Waals surface area contributed by atoms with Gasteiger partial charge >= 0.3 is 0 Å². The minimum atomic E-state index is 0.0775. The molecule has 19 heavy (non-hydrogen) atoms. The molecule has 0 fully saturated rings. The molecule has 1 heterocycles. The first-order chi connectivity index (χ1) is 9.03. The first-order valence-electron chi connectivity index (χ1n) is 7.09. The molecule has 0 saturated heterocycles. The minimum Gasteiger partial charge on any atom is -0.370 e. The van der Waals surface area contributed by atoms with Crippen LogP contribution in [0.25, 0.3) is 0 Å². The Bertz CT molecular complexity index is 429. The van der Waals surface area contributed by atoms with E-state index in [0.717, 1.165) is 36.6 Å². The Balaban J connectivity index is 3.10. The Morgan fingerprint density at radius 3 is 2.47 bits per heavy atom. The summed E-state index contributed by atoms with van der Waals surface area (Å²) < 4.78 is 0. The number of carbonyl (C=O) groups excluding carboxylic acids is 1. The van der Waals surface area contributed by atoms with Gasteiger partial charge in [0, 0.05) is 30.4 Å². The fraction of sp³-hybridized carbons (Fsp3) is 0.600. The highest BCUT2D eigenvalue weighted by Crippen LogP contribution is 2.15. The standard InChI is InChI=1S/C15H25N3O/c1-6-13-9-12(10-14(17-13)16-7-2)15(19)18(8-3)11(4)5/h9-11H,6-8H2,1-5H3,(H,16,17). The average Bonchev–Trinajstić information content (AvgIpc) is 2.39. The number of nitrogens with zero attached hydrogens (tertiary/aromatic N) is 2. The molecule has 0 aliphatic rings. The molecule has 0 aliphatic carbocycles. The summed E-state index contributed by atoms with van der Waals surface area (Å²) in [5.74, 6) is 0.860. The topological polar surface area (TPSA) is 45.2 Å². The van der Waals surface area contributed by atoms with Crippen molar-refractivity contribution < 1.29 is 4.79 Å². The molecule has 4 heteroatoms. The van der Waals surface area contributed by atoms with Gasteiger partial charge in [0.25, 0.3) is 5.91 Å². The normalized spacial score (nSPS) is 10.6. The molecule has 0 spiro atoms. The third kappa shape index (κ3) is 3.94. The van der Waals surface area contributed by atoms with Crippen molar-refractivity contribution in [3.63, 3.8) is 0 Å². The zero-order chi connectivity index (χ0) is 14.4. The van der Waals surface area contributed by atoms with Gasteiger partial charge in [0.1, 0.15) is 5.82 Å². The molecule has 0 bridgehead atoms. The summed E-state index contributed by atoms with van der Waals surface area (Å²) in [7, 11) is 0. The number of hydrogen-bond acceptors (Lipinski definition) is 3. The molecule has 1 amide bonds. The lowest BCUT2D eigenvalue weighted by Crippen LogP contribution is -2.36. The SMILES string of the molecule is CCNc1cc(C(=O)N(CC)C(C)C)cc(CC)n1. The van der Waals surface area contributed by atoms with Gasteiger partial charge in [-0.15, -0.1) is 0 Å². The smallest absolute Gasteiger partial charge is 0.254 e. The summed E-state index contributed by atoms with van der Waals surface area (Å²) >= 11 is 0. The molecule has 0 unspecified atom stereocenters. The molecule has 0 saturated carbocycles. The predicted molar refractivity (Wildman–Crippen MR) is 79.6 cm³/mol. The quantitative estimate of drug-likeness (QED) is 0.858. The second kappa shape index (κ2) is 7.12. The minimum absolute atomic E-state index is 0.0775. The van der Waals surface area contributed by atoms with Crippen molar-refractivity contribution in [3.8, 4) is 0 Å². The van der Waals surface area contributed by atoms with E-state index in [-0.39, 0.29) is 11.9 Å². The van der Waals surface area contributed by atoms with Gasteiger partial charge in [-0.3, -0.25) is 4.79 Å². The van der Waals surface area contributed by atoms with Crippen LogP contribution in [0.1, 0.15) is 50.7 Å². The first-order valence-corrected chi connectivity index (χ1v) is 7.09. The van der Waals surface area contributed by atoms with E-state index in [1.165, 1.54) is 0 Å². The van der Waals surface area contributed by atoms with Crippen LogP contribution in [0.4, 0.5) is 5.82 Å². The van der Waals surface area contributed by atoms with Crippen molar-refractivity contribution in [2.75, 3.05) is 18.4 Å². The van der Waals surface area contributed by atoms with Gasteiger partial charge in [-0.2, -0.15) is 0 Å². The van der Waals surface area contributed by atoms with Crippen LogP contribution in [0.5, 0.6) is 0 Å². The molecule has 0 radical (unpaired) electrons. The molecular weight excluding hydrogens is 238 g/mol. The molecule has 1 aromatic rings. The number of hydrogen-bond donors (Lipinski definition) is 1. The summed E-state index contributed by atoms with van der Waals surface area (Å²) in [5.41, 5.74) is 1.67. The lowest BCUT2D eigenvalue weighted by Gasteiger charge is -2.25. The van der Waals surface area contributed by atoms with Crippen LogP contribution in [0.3, 0.4) is 0 Å². The summed E-state index contributed by atoms with van der Waals surface area (Å²) in [5, 5.41) is 3.18. The molecule has 0 aliphatic heterocycles. The molecule has 1 N–H and O–H groups in total. The highest BCUT2D eigenvalue weighted by molar-refractivity contribution is 5.95. The van der Waals surface area contributed by atoms with Gasteiger partial charge in [0.2, 0.25) is 0 Å². The Labute approximate surface area is 116 Å². The third-order valence-corrected chi connectivity index (χ3v) is 3.07. The summed E-state index contributed by atoms with van der Waals surface area (Å²) in [6, 6.07) is 3.95. The fourth-order valence-corrected chi connectivity index (χ4v) is 2.07. The van der Waals surface area contributed by atoms with Gasteiger partial charge in [0.15, 0.2) is 0 Å². The van der Waals surface area contributed by atoms with Gasteiger partial charge in [0.05, 0.1) is 0 Å². The Hall–Kier alpha value is -1.58. The zero-order valence-corrected chi connectivity index (χ0v) is 12.7. The maximum atomic E-state index is 12.5. The van der Waals surface area contributed by atoms with Crippen molar-refractivity contribution in [1.82, 2.24) is 9.88 Å². The lowest BCUT2D eigenvalue weighted by atomic mass is 10.1. The number of nitrogens with one attached hydrogen (secondary N) is 1. The summed E-state index contributed by atoms with van der Waals surface area (Å²) in [4.78, 5) is 18.9. The number of aromatic nitrogens is 1. The van der Waals surface area contributed by atoms with Gasteiger partial charge in [-0.25, -0.2) is 4.98 Å². The molecule has 1 rings (SSSR count). The monoisotopic (exact) mass is 263 g/mol. The molecule has 0 aromatic carbocycles. The van der Waals surface area contributed by atoms with E-state index >= 15 is 0 Å². The predicted octanol–water partition coefficient (Wildman–Crippen LogP) is 2.95. The van der Waals surface area contributed by atoms with E-state index < -0.39 is 0 Å². The zero-order valence-electron chi connectivity index (χ0n) is 12.7. The molecule has 0 atom stereocenters. The van der Waals surface area contributed by atoms with Crippen LogP contribution in [0.15, 0.2) is 12.1 Å². The summed E-state index contributed by atoms with van der Waals surface area (Å²) in [6.07, 6.45) is 0.827. The molecule has 1 aromatic heterocycles. The Morgan fingerprint density at radius 1 is 1.32 bits per heavy atom. The third-order valence-electron chi connectivity index (χ3n) is 3.07. The maximum absolute atomic E-state index is 12.5. The second-order valence-electron chi connectivity index (χ2n) is 4.80. The van der Waals surface area contributed by atoms with Crippen molar-refractivity contribution >= 4 is 11.7 Å². The number of aryl methyl sites for hydroxylation is 1. The fourth-order valence-electron chi connectivity index (χ4n) is 2.07. The van der Waals surface area contributed by atoms with E-state index in [2.05, 4.69) is 10.3 Å². The van der Waals surface area contributed by atoms with E-state index in [1.54, 1.807) is 0 Å². The van der Waals surface area contributed by atoms with Crippen LogP contribution < -0.4 is 5.32 Å². The highest BCUT2D eigenvalue weighted by Gasteiger charge is 2.18. The first kappa shape index (κ1) is 15.5. The lowest BCUT2D eigenvalue weighted by molar-refractivity contribution is 0.0716. The van der Waals surface area contributed by atoms with Crippen LogP contribution in [0.2, 0.25) is 0 Å². The highest BCUT2D eigenvalue weighted by atomic mass is 16.2. The van der Waals surface area contributed by atoms with Gasteiger partial charge < -0.3 is 10.2 Å². The number of carbonyl (C=O) groups is 1. The van der Waals surface area contributed by atoms with Crippen LogP contribution in [-0.4, -0.2) is 34.9 Å². The Morgan fingerprint density at radius 2 is 2.00 bits per heavy atom. The Kier molecular flexibility index (Phi) is 5.80. The number of rotatable bonds is 6. The largest absolute Gasteiger partial charge is 0.370 e. The average molecular weight is 263 g/mol. The second-order valence-corrected chi connectivity index (χ2v) is 4.80. The van der Waals surface area contributed by atoms with Crippen molar-refractivity contribution in [2.24, 2.45) is 0 Å². The van der Waals surface area contributed by atoms with E-state index in [1.807, 2.05) is 51.7 Å². The number of amides is 1. The molecule has 106 valence electrons. The number of anilines is 1. The van der Waals surface area contributed by atoms with Crippen LogP contribution >= 0.6 is 0 Å². The molecular formula is C15H25N3O. The van der Waals surface area contributed by atoms with Crippen LogP contribution in [-0.2, 0) is 6.42 Å². The van der Waals surface area contributed by atoms with Crippen molar-refractivity contribution in [3.05, 3.63) is 23.4 Å².